The quantitative estimate of drug-likeness (QED) is 0.108. The van der Waals surface area contributed by atoms with Crippen LogP contribution in [0.15, 0.2) is 124 Å². The molecule has 208 valence electrons. The van der Waals surface area contributed by atoms with Gasteiger partial charge in [-0.15, -0.1) is 0 Å². The van der Waals surface area contributed by atoms with Crippen LogP contribution in [-0.2, 0) is 0 Å². The average molecular weight is 595 g/mol. The summed E-state index contributed by atoms with van der Waals surface area (Å²) in [5.41, 5.74) is 2.67. The van der Waals surface area contributed by atoms with Crippen LogP contribution in [0.25, 0.3) is 11.3 Å². The van der Waals surface area contributed by atoms with Crippen LogP contribution in [0, 0.1) is 10.1 Å². The Kier molecular flexibility index (Phi) is 7.43. The van der Waals surface area contributed by atoms with Gasteiger partial charge in [0, 0.05) is 39.4 Å². The van der Waals surface area contributed by atoms with Crippen molar-refractivity contribution < 1.29 is 19.2 Å². The Morgan fingerprint density at radius 1 is 0.952 bits per heavy atom. The molecule has 0 radical (unpaired) electrons. The molecule has 11 heteroatoms. The molecule has 42 heavy (non-hydrogen) atoms. The molecule has 6 rings (SSSR count). The maximum absolute atomic E-state index is 11.3. The SMILES string of the molecule is O=C(O)c1ccc(-c2ccc([C@@H]3[C@@H](c4ccccn4)NC(=S)N3c3ccc(Sc4ccc([N+](=O)[O-])cc4)cc3)o2)cc1. The number of benzene rings is 3. The lowest BCUT2D eigenvalue weighted by atomic mass is 10.0. The van der Waals surface area contributed by atoms with Gasteiger partial charge in [0.15, 0.2) is 5.11 Å². The Balaban J connectivity index is 1.31. The molecule has 0 aliphatic carbocycles. The van der Waals surface area contributed by atoms with Gasteiger partial charge < -0.3 is 19.7 Å². The number of aromatic nitrogens is 1. The van der Waals surface area contributed by atoms with E-state index in [1.165, 1.54) is 23.9 Å². The first-order valence-corrected chi connectivity index (χ1v) is 14.1. The first-order valence-electron chi connectivity index (χ1n) is 12.8. The number of anilines is 1. The summed E-state index contributed by atoms with van der Waals surface area (Å²) in [5, 5.41) is 24.1. The number of hydrogen-bond donors (Lipinski definition) is 2. The number of nitro benzene ring substituents is 1. The number of nitro groups is 1. The summed E-state index contributed by atoms with van der Waals surface area (Å²) in [7, 11) is 0. The Labute approximate surface area is 250 Å². The Bertz CT molecular complexity index is 1760. The lowest BCUT2D eigenvalue weighted by molar-refractivity contribution is -0.384. The van der Waals surface area contributed by atoms with Crippen LogP contribution in [0.4, 0.5) is 11.4 Å². The lowest BCUT2D eigenvalue weighted by Gasteiger charge is -2.26. The number of rotatable bonds is 8. The van der Waals surface area contributed by atoms with Gasteiger partial charge in [-0.1, -0.05) is 30.0 Å². The van der Waals surface area contributed by atoms with E-state index in [-0.39, 0.29) is 23.3 Å². The minimum Gasteiger partial charge on any atom is -0.478 e. The minimum absolute atomic E-state index is 0.0524. The molecule has 0 saturated carbocycles. The van der Waals surface area contributed by atoms with Gasteiger partial charge >= 0.3 is 5.97 Å². The van der Waals surface area contributed by atoms with Gasteiger partial charge in [-0.2, -0.15) is 0 Å². The second-order valence-electron chi connectivity index (χ2n) is 9.43. The maximum Gasteiger partial charge on any atom is 0.335 e. The van der Waals surface area contributed by atoms with E-state index in [1.807, 2.05) is 59.5 Å². The van der Waals surface area contributed by atoms with Crippen LogP contribution < -0.4 is 10.2 Å². The molecule has 0 spiro atoms. The molecule has 3 aromatic carbocycles. The standard InChI is InChI=1S/C31H22N4O5S2/c36-30(37)20-6-4-19(5-7-20)26-16-17-27(40-26)29-28(25-3-1-2-18-32-25)33-31(41)34(29)21-8-12-23(13-9-21)42-24-14-10-22(11-15-24)35(38)39/h1-18,28-29H,(H,33,41)(H,36,37)/t28-,29-/m1/s1. The van der Waals surface area contributed by atoms with E-state index in [9.17, 15) is 20.0 Å². The second kappa shape index (κ2) is 11.5. The summed E-state index contributed by atoms with van der Waals surface area (Å²) in [5.74, 6) is 0.284. The first-order chi connectivity index (χ1) is 20.4. The molecule has 0 bridgehead atoms. The van der Waals surface area contributed by atoms with Crippen LogP contribution in [0.1, 0.15) is 33.9 Å². The third-order valence-corrected chi connectivity index (χ3v) is 8.16. The Morgan fingerprint density at radius 3 is 2.26 bits per heavy atom. The van der Waals surface area contributed by atoms with Crippen molar-refractivity contribution in [3.63, 3.8) is 0 Å². The topological polar surface area (TPSA) is 122 Å². The Hall–Kier alpha value is -5.00. The summed E-state index contributed by atoms with van der Waals surface area (Å²) < 4.78 is 6.37. The van der Waals surface area contributed by atoms with E-state index in [1.54, 1.807) is 42.6 Å². The molecule has 2 N–H and O–H groups in total. The van der Waals surface area contributed by atoms with Crippen molar-refractivity contribution in [1.82, 2.24) is 10.3 Å². The van der Waals surface area contributed by atoms with Gasteiger partial charge in [0.2, 0.25) is 0 Å². The van der Waals surface area contributed by atoms with Gasteiger partial charge in [0.05, 0.1) is 22.2 Å². The summed E-state index contributed by atoms with van der Waals surface area (Å²) in [6.07, 6.45) is 1.74. The molecule has 0 unspecified atom stereocenters. The van der Waals surface area contributed by atoms with E-state index in [4.69, 9.17) is 16.6 Å². The van der Waals surface area contributed by atoms with Crippen molar-refractivity contribution >= 4 is 46.4 Å². The lowest BCUT2D eigenvalue weighted by Crippen LogP contribution is -2.29. The number of thiocarbonyl (C=S) groups is 1. The molecule has 5 aromatic rings. The fraction of sp³-hybridized carbons (Fsp3) is 0.0645. The zero-order chi connectivity index (χ0) is 29.2. The molecule has 1 aliphatic heterocycles. The largest absolute Gasteiger partial charge is 0.478 e. The van der Waals surface area contributed by atoms with Gasteiger partial charge in [-0.25, -0.2) is 4.79 Å². The molecule has 9 nitrogen and oxygen atoms in total. The molecule has 2 atom stereocenters. The zero-order valence-electron chi connectivity index (χ0n) is 21.8. The van der Waals surface area contributed by atoms with Crippen LogP contribution in [0.2, 0.25) is 0 Å². The molecule has 1 aliphatic rings. The van der Waals surface area contributed by atoms with Crippen LogP contribution in [-0.4, -0.2) is 26.1 Å². The van der Waals surface area contributed by atoms with E-state index in [0.29, 0.717) is 16.6 Å². The number of aromatic carboxylic acids is 1. The molecule has 3 heterocycles. The number of pyridine rings is 1. The highest BCUT2D eigenvalue weighted by Gasteiger charge is 2.42. The number of carboxylic acids is 1. The van der Waals surface area contributed by atoms with Crippen LogP contribution in [0.5, 0.6) is 0 Å². The van der Waals surface area contributed by atoms with Crippen LogP contribution >= 0.6 is 24.0 Å². The van der Waals surface area contributed by atoms with Crippen molar-refractivity contribution in [2.75, 3.05) is 4.90 Å². The van der Waals surface area contributed by atoms with Crippen LogP contribution in [0.3, 0.4) is 0 Å². The highest BCUT2D eigenvalue weighted by atomic mass is 32.2. The fourth-order valence-electron chi connectivity index (χ4n) is 4.81. The van der Waals surface area contributed by atoms with E-state index >= 15 is 0 Å². The van der Waals surface area contributed by atoms with Crippen molar-refractivity contribution in [3.05, 3.63) is 136 Å². The molecule has 2 aromatic heterocycles. The minimum atomic E-state index is -0.988. The van der Waals surface area contributed by atoms with E-state index < -0.39 is 10.9 Å². The molecular weight excluding hydrogens is 572 g/mol. The van der Waals surface area contributed by atoms with Gasteiger partial charge in [-0.05, 0) is 85.0 Å². The maximum atomic E-state index is 11.3. The molecular formula is C31H22N4O5S2. The monoisotopic (exact) mass is 594 g/mol. The van der Waals surface area contributed by atoms with E-state index in [0.717, 1.165) is 26.7 Å². The van der Waals surface area contributed by atoms with Gasteiger partial charge in [0.25, 0.3) is 5.69 Å². The number of non-ortho nitro benzene ring substituents is 1. The summed E-state index contributed by atoms with van der Waals surface area (Å²) in [4.78, 5) is 30.2. The number of furan rings is 1. The smallest absolute Gasteiger partial charge is 0.335 e. The number of carboxylic acid groups (broad SMARTS) is 1. The highest BCUT2D eigenvalue weighted by Crippen LogP contribution is 2.43. The fourth-order valence-corrected chi connectivity index (χ4v) is 5.98. The van der Waals surface area contributed by atoms with Crippen molar-refractivity contribution in [2.24, 2.45) is 0 Å². The predicted molar refractivity (Wildman–Crippen MR) is 163 cm³/mol. The predicted octanol–water partition coefficient (Wildman–Crippen LogP) is 7.28. The summed E-state index contributed by atoms with van der Waals surface area (Å²) in [6, 6.07) is 29.7. The van der Waals surface area contributed by atoms with Crippen molar-refractivity contribution in [1.29, 1.82) is 0 Å². The van der Waals surface area contributed by atoms with Gasteiger partial charge in [-0.3, -0.25) is 15.1 Å². The summed E-state index contributed by atoms with van der Waals surface area (Å²) >= 11 is 7.32. The number of nitrogens with one attached hydrogen (secondary N) is 1. The Morgan fingerprint density at radius 2 is 1.64 bits per heavy atom. The van der Waals surface area contributed by atoms with Crippen molar-refractivity contribution in [2.45, 2.75) is 21.9 Å². The van der Waals surface area contributed by atoms with Gasteiger partial charge in [0.1, 0.15) is 17.6 Å². The average Bonchev–Trinajstić information content (AvgIpc) is 3.63. The van der Waals surface area contributed by atoms with Crippen molar-refractivity contribution in [3.8, 4) is 11.3 Å². The van der Waals surface area contributed by atoms with E-state index in [2.05, 4.69) is 10.3 Å². The zero-order valence-corrected chi connectivity index (χ0v) is 23.4. The molecule has 1 saturated heterocycles. The summed E-state index contributed by atoms with van der Waals surface area (Å²) in [6.45, 7) is 0. The molecule has 0 amide bonds. The number of carbonyl (C=O) groups is 1. The third-order valence-electron chi connectivity index (χ3n) is 6.83. The number of nitrogens with zero attached hydrogens (tertiary/aromatic N) is 3. The highest BCUT2D eigenvalue weighted by molar-refractivity contribution is 7.99. The first kappa shape index (κ1) is 27.2. The number of hydrogen-bond acceptors (Lipinski definition) is 7. The third kappa shape index (κ3) is 5.47. The second-order valence-corrected chi connectivity index (χ2v) is 11.0. The normalized spacial score (nSPS) is 16.3. The molecule has 1 fully saturated rings.